The third-order valence-electron chi connectivity index (χ3n) is 3.73. The summed E-state index contributed by atoms with van der Waals surface area (Å²) in [6.07, 6.45) is 0. The summed E-state index contributed by atoms with van der Waals surface area (Å²) in [5.41, 5.74) is 5.58. The van der Waals surface area contributed by atoms with Crippen molar-refractivity contribution in [3.8, 4) is 0 Å². The normalized spacial score (nSPS) is 27.6. The maximum atomic E-state index is 4.13. The molecule has 0 aliphatic carbocycles. The molecule has 1 aliphatic heterocycles. The van der Waals surface area contributed by atoms with Crippen molar-refractivity contribution in [1.29, 1.82) is 0 Å². The highest BCUT2D eigenvalue weighted by Gasteiger charge is 2.29. The Balaban J connectivity index is 2.05. The standard InChI is InChI=1S/C13H21N3/c1-15-7-9-16(10-8-15)13(11-14)12-5-3-2-4-6-12/h2-6,13H,7-11,14H2,1H3/p+3/t13-/m1/s1. The molecule has 2 rings (SSSR count). The Labute approximate surface area is 97.8 Å². The van der Waals surface area contributed by atoms with E-state index in [4.69, 9.17) is 0 Å². The van der Waals surface area contributed by atoms with Gasteiger partial charge in [-0.3, -0.25) is 0 Å². The molecule has 3 nitrogen and oxygen atoms in total. The van der Waals surface area contributed by atoms with E-state index in [-0.39, 0.29) is 0 Å². The number of nitrogens with one attached hydrogen (secondary N) is 2. The summed E-state index contributed by atoms with van der Waals surface area (Å²) in [6.45, 7) is 6.14. The van der Waals surface area contributed by atoms with Gasteiger partial charge in [0, 0.05) is 5.56 Å². The van der Waals surface area contributed by atoms with Crippen LogP contribution in [0.4, 0.5) is 0 Å². The van der Waals surface area contributed by atoms with E-state index in [9.17, 15) is 0 Å². The zero-order chi connectivity index (χ0) is 11.4. The lowest BCUT2D eigenvalue weighted by molar-refractivity contribution is -1.02. The molecule has 1 aromatic rings. The lowest BCUT2D eigenvalue weighted by atomic mass is 10.0. The second kappa shape index (κ2) is 5.43. The minimum atomic E-state index is 0.592. The van der Waals surface area contributed by atoms with Crippen molar-refractivity contribution >= 4 is 0 Å². The third-order valence-corrected chi connectivity index (χ3v) is 3.73. The van der Waals surface area contributed by atoms with E-state index in [2.05, 4.69) is 43.1 Å². The SMILES string of the molecule is C[NH+]1CC[NH+]([C@H](C[NH3+])c2ccccc2)CC1. The molecule has 88 valence electrons. The highest BCUT2D eigenvalue weighted by Crippen LogP contribution is 2.06. The van der Waals surface area contributed by atoms with E-state index in [1.165, 1.54) is 31.7 Å². The molecule has 3 heteroatoms. The van der Waals surface area contributed by atoms with Crippen molar-refractivity contribution in [1.82, 2.24) is 0 Å². The lowest BCUT2D eigenvalue weighted by Gasteiger charge is -2.32. The minimum Gasteiger partial charge on any atom is -0.352 e. The number of likely N-dealkylation sites (N-methyl/N-ethyl adjacent to an activating group) is 1. The second-order valence-electron chi connectivity index (χ2n) is 4.87. The second-order valence-corrected chi connectivity index (χ2v) is 4.87. The van der Waals surface area contributed by atoms with E-state index >= 15 is 0 Å². The maximum Gasteiger partial charge on any atom is 0.163 e. The van der Waals surface area contributed by atoms with Gasteiger partial charge in [0.25, 0.3) is 0 Å². The molecule has 0 spiro atoms. The lowest BCUT2D eigenvalue weighted by Crippen LogP contribution is -3.27. The largest absolute Gasteiger partial charge is 0.352 e. The molecule has 16 heavy (non-hydrogen) atoms. The fourth-order valence-electron chi connectivity index (χ4n) is 2.64. The van der Waals surface area contributed by atoms with E-state index in [1.807, 2.05) is 0 Å². The van der Waals surface area contributed by atoms with Gasteiger partial charge in [0.15, 0.2) is 6.04 Å². The molecule has 0 aromatic heterocycles. The zero-order valence-corrected chi connectivity index (χ0v) is 10.2. The summed E-state index contributed by atoms with van der Waals surface area (Å²) in [5.74, 6) is 0. The van der Waals surface area contributed by atoms with Crippen LogP contribution >= 0.6 is 0 Å². The molecule has 1 aromatic carbocycles. The van der Waals surface area contributed by atoms with Crippen LogP contribution in [0, 0.1) is 0 Å². The summed E-state index contributed by atoms with van der Waals surface area (Å²) in [5, 5.41) is 0. The topological polar surface area (TPSA) is 36.5 Å². The van der Waals surface area contributed by atoms with Gasteiger partial charge in [0.05, 0.1) is 7.05 Å². The smallest absolute Gasteiger partial charge is 0.163 e. The van der Waals surface area contributed by atoms with Crippen LogP contribution in [0.2, 0.25) is 0 Å². The summed E-state index contributed by atoms with van der Waals surface area (Å²) in [6, 6.07) is 11.4. The predicted molar refractivity (Wildman–Crippen MR) is 64.3 cm³/mol. The van der Waals surface area contributed by atoms with E-state index in [0.717, 1.165) is 6.54 Å². The molecular weight excluding hydrogens is 198 g/mol. The van der Waals surface area contributed by atoms with Crippen LogP contribution in [0.1, 0.15) is 11.6 Å². The number of benzene rings is 1. The first-order valence-electron chi connectivity index (χ1n) is 6.31. The molecular formula is C13H24N3+3. The number of hydrogen-bond acceptors (Lipinski definition) is 0. The van der Waals surface area contributed by atoms with Gasteiger partial charge in [-0.15, -0.1) is 0 Å². The van der Waals surface area contributed by atoms with Gasteiger partial charge in [-0.05, 0) is 0 Å². The highest BCUT2D eigenvalue weighted by molar-refractivity contribution is 5.17. The first-order chi connectivity index (χ1) is 7.81. The van der Waals surface area contributed by atoms with Crippen molar-refractivity contribution in [2.24, 2.45) is 0 Å². The van der Waals surface area contributed by atoms with Crippen LogP contribution in [0.25, 0.3) is 0 Å². The van der Waals surface area contributed by atoms with E-state index in [0.29, 0.717) is 6.04 Å². The van der Waals surface area contributed by atoms with Crippen LogP contribution in [0.15, 0.2) is 30.3 Å². The molecule has 1 heterocycles. The molecule has 1 aliphatic rings. The molecule has 5 N–H and O–H groups in total. The Hall–Kier alpha value is -0.900. The van der Waals surface area contributed by atoms with Gasteiger partial charge in [-0.25, -0.2) is 0 Å². The average Bonchev–Trinajstić information content (AvgIpc) is 2.34. The Morgan fingerprint density at radius 2 is 1.75 bits per heavy atom. The quantitative estimate of drug-likeness (QED) is 0.501. The molecule has 0 saturated carbocycles. The fourth-order valence-corrected chi connectivity index (χ4v) is 2.64. The number of piperazine rings is 1. The Kier molecular flexibility index (Phi) is 3.93. The predicted octanol–water partition coefficient (Wildman–Crippen LogP) is -2.62. The fraction of sp³-hybridized carbons (Fsp3) is 0.538. The van der Waals surface area contributed by atoms with Gasteiger partial charge in [0.1, 0.15) is 32.7 Å². The van der Waals surface area contributed by atoms with Crippen LogP contribution < -0.4 is 15.5 Å². The van der Waals surface area contributed by atoms with Crippen molar-refractivity contribution in [3.63, 3.8) is 0 Å². The molecule has 0 bridgehead atoms. The van der Waals surface area contributed by atoms with E-state index < -0.39 is 0 Å². The van der Waals surface area contributed by atoms with Crippen LogP contribution in [-0.4, -0.2) is 39.8 Å². The van der Waals surface area contributed by atoms with Gasteiger partial charge >= 0.3 is 0 Å². The molecule has 0 radical (unpaired) electrons. The minimum absolute atomic E-state index is 0.592. The number of hydrogen-bond donors (Lipinski definition) is 3. The van der Waals surface area contributed by atoms with Gasteiger partial charge in [0.2, 0.25) is 0 Å². The summed E-state index contributed by atoms with van der Waals surface area (Å²) >= 11 is 0. The zero-order valence-electron chi connectivity index (χ0n) is 10.2. The van der Waals surface area contributed by atoms with Crippen molar-refractivity contribution in [2.45, 2.75) is 6.04 Å². The summed E-state index contributed by atoms with van der Waals surface area (Å²) in [7, 11) is 2.29. The van der Waals surface area contributed by atoms with Gasteiger partial charge in [-0.1, -0.05) is 30.3 Å². The molecule has 0 amide bonds. The van der Waals surface area contributed by atoms with Crippen LogP contribution in [-0.2, 0) is 0 Å². The van der Waals surface area contributed by atoms with Crippen molar-refractivity contribution in [2.75, 3.05) is 39.8 Å². The number of rotatable bonds is 3. The Bertz CT molecular complexity index is 304. The summed E-state index contributed by atoms with van der Waals surface area (Å²) < 4.78 is 0. The maximum absolute atomic E-state index is 4.13. The Morgan fingerprint density at radius 3 is 2.31 bits per heavy atom. The molecule has 1 fully saturated rings. The average molecular weight is 222 g/mol. The van der Waals surface area contributed by atoms with Crippen molar-refractivity contribution < 1.29 is 15.5 Å². The highest BCUT2D eigenvalue weighted by atomic mass is 15.3. The van der Waals surface area contributed by atoms with Gasteiger partial charge < -0.3 is 15.5 Å². The van der Waals surface area contributed by atoms with E-state index in [1.54, 1.807) is 9.80 Å². The Morgan fingerprint density at radius 1 is 1.12 bits per heavy atom. The van der Waals surface area contributed by atoms with Gasteiger partial charge in [-0.2, -0.15) is 0 Å². The van der Waals surface area contributed by atoms with Crippen LogP contribution in [0.3, 0.4) is 0 Å². The summed E-state index contributed by atoms with van der Waals surface area (Å²) in [4.78, 5) is 3.38. The molecule has 1 saturated heterocycles. The van der Waals surface area contributed by atoms with Crippen LogP contribution in [0.5, 0.6) is 0 Å². The van der Waals surface area contributed by atoms with Crippen molar-refractivity contribution in [3.05, 3.63) is 35.9 Å². The first-order valence-corrected chi connectivity index (χ1v) is 6.31. The number of quaternary nitrogens is 3. The first kappa shape index (κ1) is 11.6. The molecule has 0 unspecified atom stereocenters. The molecule has 1 atom stereocenters. The third kappa shape index (κ3) is 2.61. The monoisotopic (exact) mass is 222 g/mol.